The Morgan fingerprint density at radius 2 is 2.33 bits per heavy atom. The molecule has 2 heterocycles. The number of aromatic nitrogens is 4. The summed E-state index contributed by atoms with van der Waals surface area (Å²) < 4.78 is 6.61. The molecule has 0 atom stereocenters. The minimum Gasteiger partial charge on any atom is -0.332 e. The summed E-state index contributed by atoms with van der Waals surface area (Å²) in [4.78, 5) is 3.89. The molecule has 0 N–H and O–H groups in total. The predicted molar refractivity (Wildman–Crippen MR) is 41.2 cm³/mol. The van der Waals surface area contributed by atoms with E-state index in [2.05, 4.69) is 15.2 Å². The van der Waals surface area contributed by atoms with Crippen molar-refractivity contribution in [3.8, 4) is 11.6 Å². The van der Waals surface area contributed by atoms with Crippen LogP contribution in [0.2, 0.25) is 0 Å². The maximum atomic E-state index is 4.85. The maximum absolute atomic E-state index is 4.85. The van der Waals surface area contributed by atoms with Crippen molar-refractivity contribution in [2.24, 2.45) is 7.05 Å². The quantitative estimate of drug-likeness (QED) is 0.624. The van der Waals surface area contributed by atoms with Gasteiger partial charge in [0.1, 0.15) is 0 Å². The summed E-state index contributed by atoms with van der Waals surface area (Å²) in [6, 6.07) is 1.90. The van der Waals surface area contributed by atoms with Crippen LogP contribution in [0.5, 0.6) is 0 Å². The van der Waals surface area contributed by atoms with Crippen LogP contribution >= 0.6 is 0 Å². The average Bonchev–Trinajstić information content (AvgIpc) is 2.61. The summed E-state index contributed by atoms with van der Waals surface area (Å²) >= 11 is 0. The van der Waals surface area contributed by atoms with Gasteiger partial charge in [-0.3, -0.25) is 4.68 Å². The van der Waals surface area contributed by atoms with Crippen molar-refractivity contribution >= 4 is 0 Å². The minimum atomic E-state index is 0.457. The lowest BCUT2D eigenvalue weighted by Crippen LogP contribution is -1.92. The Balaban J connectivity index is 2.48. The van der Waals surface area contributed by atoms with Crippen LogP contribution in [0.15, 0.2) is 16.9 Å². The highest BCUT2D eigenvalue weighted by molar-refractivity contribution is 5.46. The largest absolute Gasteiger partial charge is 0.332 e. The van der Waals surface area contributed by atoms with Crippen molar-refractivity contribution in [1.82, 2.24) is 19.9 Å². The molecule has 0 saturated heterocycles. The van der Waals surface area contributed by atoms with Gasteiger partial charge in [0.25, 0.3) is 5.89 Å². The van der Waals surface area contributed by atoms with Gasteiger partial charge in [0, 0.05) is 12.7 Å². The van der Waals surface area contributed by atoms with E-state index in [0.717, 1.165) is 5.69 Å². The van der Waals surface area contributed by atoms with Crippen LogP contribution in [-0.2, 0) is 7.05 Å². The summed E-state index contributed by atoms with van der Waals surface area (Å²) in [6.07, 6.45) is 1.36. The smallest absolute Gasteiger partial charge is 0.278 e. The van der Waals surface area contributed by atoms with Gasteiger partial charge < -0.3 is 4.52 Å². The van der Waals surface area contributed by atoms with E-state index in [0.29, 0.717) is 11.6 Å². The van der Waals surface area contributed by atoms with Crippen molar-refractivity contribution < 1.29 is 4.52 Å². The van der Waals surface area contributed by atoms with Gasteiger partial charge in [0.05, 0.1) is 0 Å². The number of hydrogen-bond acceptors (Lipinski definition) is 4. The van der Waals surface area contributed by atoms with Gasteiger partial charge in [-0.2, -0.15) is 10.1 Å². The Bertz CT molecular complexity index is 357. The molecule has 0 aromatic carbocycles. The molecule has 0 aliphatic carbocycles. The van der Waals surface area contributed by atoms with Gasteiger partial charge in [-0.25, -0.2) is 0 Å². The average molecular weight is 164 g/mol. The molecule has 2 rings (SSSR count). The second-order valence-corrected chi connectivity index (χ2v) is 2.54. The molecule has 0 radical (unpaired) electrons. The van der Waals surface area contributed by atoms with Crippen LogP contribution in [-0.4, -0.2) is 19.9 Å². The SMILES string of the molecule is Cc1cc(-c2ncno2)nn1C. The van der Waals surface area contributed by atoms with Crippen LogP contribution in [0, 0.1) is 6.92 Å². The molecule has 0 fully saturated rings. The van der Waals surface area contributed by atoms with Crippen LogP contribution < -0.4 is 0 Å². The Morgan fingerprint density at radius 3 is 2.83 bits per heavy atom. The van der Waals surface area contributed by atoms with E-state index in [1.54, 1.807) is 4.68 Å². The maximum Gasteiger partial charge on any atom is 0.278 e. The van der Waals surface area contributed by atoms with Crippen molar-refractivity contribution in [2.75, 3.05) is 0 Å². The molecule has 2 aromatic rings. The highest BCUT2D eigenvalue weighted by Crippen LogP contribution is 2.14. The van der Waals surface area contributed by atoms with Gasteiger partial charge in [0.15, 0.2) is 12.0 Å². The van der Waals surface area contributed by atoms with Crippen LogP contribution in [0.3, 0.4) is 0 Å². The lowest BCUT2D eigenvalue weighted by molar-refractivity contribution is 0.428. The first-order chi connectivity index (χ1) is 5.77. The Labute approximate surface area is 69.0 Å². The second kappa shape index (κ2) is 2.44. The van der Waals surface area contributed by atoms with E-state index in [1.807, 2.05) is 20.0 Å². The van der Waals surface area contributed by atoms with Crippen LogP contribution in [0.25, 0.3) is 11.6 Å². The molecule has 0 amide bonds. The van der Waals surface area contributed by atoms with Gasteiger partial charge in [-0.1, -0.05) is 5.16 Å². The molecule has 12 heavy (non-hydrogen) atoms. The third kappa shape index (κ3) is 0.990. The highest BCUT2D eigenvalue weighted by atomic mass is 16.5. The van der Waals surface area contributed by atoms with E-state index >= 15 is 0 Å². The number of hydrogen-bond donors (Lipinski definition) is 0. The third-order valence-electron chi connectivity index (χ3n) is 1.69. The summed E-state index contributed by atoms with van der Waals surface area (Å²) in [6.45, 7) is 1.97. The van der Waals surface area contributed by atoms with Crippen molar-refractivity contribution in [3.63, 3.8) is 0 Å². The molecule has 2 aromatic heterocycles. The predicted octanol–water partition coefficient (Wildman–Crippen LogP) is 0.779. The lowest BCUT2D eigenvalue weighted by atomic mass is 10.4. The first kappa shape index (κ1) is 7.02. The van der Waals surface area contributed by atoms with E-state index in [9.17, 15) is 0 Å². The van der Waals surface area contributed by atoms with Gasteiger partial charge >= 0.3 is 0 Å². The highest BCUT2D eigenvalue weighted by Gasteiger charge is 2.08. The number of aryl methyl sites for hydroxylation is 2. The summed E-state index contributed by atoms with van der Waals surface area (Å²) in [5.41, 5.74) is 1.77. The molecule has 62 valence electrons. The molecule has 0 spiro atoms. The molecule has 0 unspecified atom stereocenters. The van der Waals surface area contributed by atoms with Gasteiger partial charge in [-0.05, 0) is 13.0 Å². The minimum absolute atomic E-state index is 0.457. The topological polar surface area (TPSA) is 56.7 Å². The molecule has 0 saturated carbocycles. The molecule has 0 aliphatic rings. The van der Waals surface area contributed by atoms with Crippen molar-refractivity contribution in [1.29, 1.82) is 0 Å². The fourth-order valence-corrected chi connectivity index (χ4v) is 0.951. The standard InChI is InChI=1S/C7H8N4O/c1-5-3-6(10-11(5)2)7-8-4-9-12-7/h3-4H,1-2H3. The number of nitrogens with zero attached hydrogens (tertiary/aromatic N) is 4. The Hall–Kier alpha value is -1.65. The van der Waals surface area contributed by atoms with E-state index in [-0.39, 0.29) is 0 Å². The normalized spacial score (nSPS) is 10.5. The summed E-state index contributed by atoms with van der Waals surface area (Å²) in [7, 11) is 1.87. The zero-order valence-corrected chi connectivity index (χ0v) is 6.85. The van der Waals surface area contributed by atoms with Crippen molar-refractivity contribution in [3.05, 3.63) is 18.1 Å². The zero-order valence-electron chi connectivity index (χ0n) is 6.85. The third-order valence-corrected chi connectivity index (χ3v) is 1.69. The van der Waals surface area contributed by atoms with E-state index < -0.39 is 0 Å². The number of rotatable bonds is 1. The van der Waals surface area contributed by atoms with Crippen LogP contribution in [0.4, 0.5) is 0 Å². The molecule has 0 bridgehead atoms. The van der Waals surface area contributed by atoms with E-state index in [1.165, 1.54) is 6.33 Å². The second-order valence-electron chi connectivity index (χ2n) is 2.54. The van der Waals surface area contributed by atoms with Gasteiger partial charge in [-0.15, -0.1) is 0 Å². The molecular weight excluding hydrogens is 156 g/mol. The lowest BCUT2D eigenvalue weighted by Gasteiger charge is -1.88. The monoisotopic (exact) mass is 164 g/mol. The van der Waals surface area contributed by atoms with E-state index in [4.69, 9.17) is 4.52 Å². The first-order valence-electron chi connectivity index (χ1n) is 3.55. The summed E-state index contributed by atoms with van der Waals surface area (Å²) in [5, 5.41) is 7.68. The van der Waals surface area contributed by atoms with Gasteiger partial charge in [0.2, 0.25) is 0 Å². The molecule has 5 heteroatoms. The fraction of sp³-hybridized carbons (Fsp3) is 0.286. The van der Waals surface area contributed by atoms with Crippen LogP contribution in [0.1, 0.15) is 5.69 Å². The first-order valence-corrected chi connectivity index (χ1v) is 3.55. The molecule has 5 nitrogen and oxygen atoms in total. The molecule has 0 aliphatic heterocycles. The zero-order chi connectivity index (χ0) is 8.55. The Kier molecular flexibility index (Phi) is 1.43. The summed E-state index contributed by atoms with van der Waals surface area (Å²) in [5.74, 6) is 0.457. The van der Waals surface area contributed by atoms with Crippen molar-refractivity contribution in [2.45, 2.75) is 6.92 Å². The Morgan fingerprint density at radius 1 is 1.50 bits per heavy atom. The molecular formula is C7H8N4O. The fourth-order valence-electron chi connectivity index (χ4n) is 0.951.